The highest BCUT2D eigenvalue weighted by atomic mass is 19.4. The van der Waals surface area contributed by atoms with Gasteiger partial charge in [-0.15, -0.1) is 0 Å². The van der Waals surface area contributed by atoms with Crippen LogP contribution in [0.2, 0.25) is 0 Å². The molecule has 1 saturated carbocycles. The second-order valence-electron chi connectivity index (χ2n) is 9.79. The molecule has 7 rings (SSSR count). The van der Waals surface area contributed by atoms with Gasteiger partial charge >= 0.3 is 6.18 Å². The Hall–Kier alpha value is -3.08. The summed E-state index contributed by atoms with van der Waals surface area (Å²) < 4.78 is 51.3. The second kappa shape index (κ2) is 6.53. The fourth-order valence-corrected chi connectivity index (χ4v) is 6.24. The van der Waals surface area contributed by atoms with E-state index in [9.17, 15) is 18.0 Å². The molecule has 0 N–H and O–H groups in total. The zero-order chi connectivity index (χ0) is 23.4. The molecule has 1 aliphatic carbocycles. The van der Waals surface area contributed by atoms with Crippen LogP contribution in [0, 0.1) is 5.92 Å². The van der Waals surface area contributed by atoms with Gasteiger partial charge in [0.15, 0.2) is 0 Å². The summed E-state index contributed by atoms with van der Waals surface area (Å²) in [7, 11) is 1.77. The predicted molar refractivity (Wildman–Crippen MR) is 118 cm³/mol. The molecule has 2 unspecified atom stereocenters. The average molecular weight is 472 g/mol. The van der Waals surface area contributed by atoms with Gasteiger partial charge in [0, 0.05) is 37.5 Å². The zero-order valence-corrected chi connectivity index (χ0v) is 18.5. The highest BCUT2D eigenvalue weighted by Gasteiger charge is 2.74. The Morgan fingerprint density at radius 2 is 2.09 bits per heavy atom. The van der Waals surface area contributed by atoms with Crippen molar-refractivity contribution < 1.29 is 17.9 Å². The molecule has 3 fully saturated rings. The Balaban J connectivity index is 1.33. The van der Waals surface area contributed by atoms with Gasteiger partial charge in [0.2, 0.25) is 5.95 Å². The van der Waals surface area contributed by atoms with Crippen molar-refractivity contribution in [3.05, 3.63) is 46.4 Å². The van der Waals surface area contributed by atoms with Crippen LogP contribution in [0.5, 0.6) is 0 Å². The van der Waals surface area contributed by atoms with Crippen molar-refractivity contribution >= 4 is 22.7 Å². The minimum Gasteiger partial charge on any atom is -0.374 e. The molecular weight excluding hydrogens is 449 g/mol. The van der Waals surface area contributed by atoms with E-state index >= 15 is 0 Å². The topological polar surface area (TPSA) is 68.4 Å². The van der Waals surface area contributed by atoms with Gasteiger partial charge in [0.1, 0.15) is 11.9 Å². The molecule has 8 nitrogen and oxygen atoms in total. The first kappa shape index (κ1) is 20.3. The molecule has 0 radical (unpaired) electrons. The van der Waals surface area contributed by atoms with Crippen LogP contribution in [0.4, 0.5) is 24.9 Å². The lowest BCUT2D eigenvalue weighted by Gasteiger charge is -2.48. The van der Waals surface area contributed by atoms with Gasteiger partial charge in [-0.25, -0.2) is 0 Å². The maximum atomic E-state index is 14.2. The number of alkyl halides is 3. The average Bonchev–Trinajstić information content (AvgIpc) is 3.39. The standard InChI is InChI=1S/C23H23F3N6O2/c1-29-16-5-3-2-4-14(16)15(28-29)10-31-17(23(24,25)26)6-7-30-20(33)8-19(27-21(30)31)32-11-18-22(32)9-13(22)12-34-18/h2-5,8,13,17-18H,6-7,9-12H2,1H3/t13?,17-,18+,22?/m0/s1. The number of hydrogen-bond donors (Lipinski definition) is 0. The van der Waals surface area contributed by atoms with Crippen LogP contribution in [-0.4, -0.2) is 56.3 Å². The number of fused-ring (bicyclic) bond motifs is 2. The molecule has 3 aromatic rings. The van der Waals surface area contributed by atoms with Crippen LogP contribution < -0.4 is 15.4 Å². The lowest BCUT2D eigenvalue weighted by molar-refractivity contribution is -0.153. The van der Waals surface area contributed by atoms with E-state index in [4.69, 9.17) is 4.74 Å². The number of rotatable bonds is 3. The van der Waals surface area contributed by atoms with Crippen LogP contribution in [-0.2, 0) is 24.9 Å². The van der Waals surface area contributed by atoms with E-state index in [0.29, 0.717) is 30.6 Å². The summed E-state index contributed by atoms with van der Waals surface area (Å²) in [5.41, 5.74) is 0.907. The molecule has 2 aromatic heterocycles. The number of aryl methyl sites for hydroxylation is 1. The fraction of sp³-hybridized carbons (Fsp3) is 0.522. The van der Waals surface area contributed by atoms with Crippen LogP contribution in [0.1, 0.15) is 18.5 Å². The van der Waals surface area contributed by atoms with Crippen LogP contribution >= 0.6 is 0 Å². The summed E-state index contributed by atoms with van der Waals surface area (Å²) in [6.45, 7) is 1.19. The van der Waals surface area contributed by atoms with Gasteiger partial charge in [0.05, 0.1) is 36.0 Å². The first-order valence-electron chi connectivity index (χ1n) is 11.5. The first-order chi connectivity index (χ1) is 16.3. The van der Waals surface area contributed by atoms with Crippen molar-refractivity contribution in [3.8, 4) is 0 Å². The molecule has 4 aliphatic rings. The number of aromatic nitrogens is 4. The van der Waals surface area contributed by atoms with E-state index in [1.54, 1.807) is 11.7 Å². The van der Waals surface area contributed by atoms with Crippen molar-refractivity contribution in [2.24, 2.45) is 13.0 Å². The van der Waals surface area contributed by atoms with Crippen molar-refractivity contribution in [1.82, 2.24) is 19.3 Å². The third kappa shape index (κ3) is 2.61. The minimum absolute atomic E-state index is 0.0232. The van der Waals surface area contributed by atoms with Crippen molar-refractivity contribution in [1.29, 1.82) is 0 Å². The number of para-hydroxylation sites is 1. The van der Waals surface area contributed by atoms with E-state index in [2.05, 4.69) is 15.0 Å². The first-order valence-corrected chi connectivity index (χ1v) is 11.5. The summed E-state index contributed by atoms with van der Waals surface area (Å²) in [5.74, 6) is 0.909. The van der Waals surface area contributed by atoms with Gasteiger partial charge in [-0.1, -0.05) is 18.2 Å². The molecule has 11 heteroatoms. The molecule has 0 bridgehead atoms. The minimum atomic E-state index is -4.47. The molecule has 2 saturated heterocycles. The van der Waals surface area contributed by atoms with E-state index in [1.807, 2.05) is 24.3 Å². The molecule has 3 aliphatic heterocycles. The normalized spacial score (nSPS) is 29.6. The van der Waals surface area contributed by atoms with Crippen molar-refractivity contribution in [2.75, 3.05) is 23.0 Å². The summed E-state index contributed by atoms with van der Waals surface area (Å²) in [6, 6.07) is 7.16. The monoisotopic (exact) mass is 472 g/mol. The van der Waals surface area contributed by atoms with Crippen LogP contribution in [0.15, 0.2) is 35.1 Å². The highest BCUT2D eigenvalue weighted by Crippen LogP contribution is 2.63. The third-order valence-corrected chi connectivity index (χ3v) is 8.07. The molecule has 0 amide bonds. The van der Waals surface area contributed by atoms with Crippen molar-refractivity contribution in [3.63, 3.8) is 0 Å². The zero-order valence-electron chi connectivity index (χ0n) is 18.5. The van der Waals surface area contributed by atoms with Gasteiger partial charge in [-0.05, 0) is 18.9 Å². The van der Waals surface area contributed by atoms with E-state index in [1.165, 1.54) is 15.5 Å². The van der Waals surface area contributed by atoms with E-state index < -0.39 is 12.2 Å². The van der Waals surface area contributed by atoms with Crippen molar-refractivity contribution in [2.45, 2.75) is 49.8 Å². The van der Waals surface area contributed by atoms with Gasteiger partial charge in [-0.2, -0.15) is 23.3 Å². The van der Waals surface area contributed by atoms with Gasteiger partial charge < -0.3 is 14.5 Å². The highest BCUT2D eigenvalue weighted by molar-refractivity contribution is 5.82. The maximum Gasteiger partial charge on any atom is 0.408 e. The number of hydrogen-bond acceptors (Lipinski definition) is 6. The molecule has 34 heavy (non-hydrogen) atoms. The molecule has 178 valence electrons. The molecule has 4 atom stereocenters. The molecule has 1 aromatic carbocycles. The lowest BCUT2D eigenvalue weighted by atomic mass is 9.95. The largest absolute Gasteiger partial charge is 0.408 e. The van der Waals surface area contributed by atoms with E-state index in [0.717, 1.165) is 17.3 Å². The van der Waals surface area contributed by atoms with Crippen LogP contribution in [0.25, 0.3) is 10.9 Å². The Labute approximate surface area is 192 Å². The fourth-order valence-electron chi connectivity index (χ4n) is 6.24. The van der Waals surface area contributed by atoms with E-state index in [-0.39, 0.29) is 42.7 Å². The molecule has 1 spiro atoms. The number of ether oxygens (including phenoxy) is 1. The summed E-state index contributed by atoms with van der Waals surface area (Å²) >= 11 is 0. The maximum absolute atomic E-state index is 14.2. The lowest BCUT2D eigenvalue weighted by Crippen LogP contribution is -2.63. The Morgan fingerprint density at radius 1 is 1.26 bits per heavy atom. The second-order valence-corrected chi connectivity index (χ2v) is 9.79. The molecular formula is C23H23F3N6O2. The van der Waals surface area contributed by atoms with Gasteiger partial charge in [0.25, 0.3) is 5.56 Å². The summed E-state index contributed by atoms with van der Waals surface area (Å²) in [5, 5.41) is 5.29. The summed E-state index contributed by atoms with van der Waals surface area (Å²) in [6.07, 6.45) is -3.58. The quantitative estimate of drug-likeness (QED) is 0.584. The smallest absolute Gasteiger partial charge is 0.374 e. The Kier molecular flexibility index (Phi) is 3.90. The Morgan fingerprint density at radius 3 is 2.85 bits per heavy atom. The number of nitrogens with zero attached hydrogens (tertiary/aromatic N) is 6. The molecule has 5 heterocycles. The number of benzene rings is 1. The SMILES string of the molecule is Cn1nc(CN2c3nc(N4C[C@H]5OCC6CC654)cc(=O)n3CC[C@H]2C(F)(F)F)c2ccccc21. The third-order valence-electron chi connectivity index (χ3n) is 8.07. The summed E-state index contributed by atoms with van der Waals surface area (Å²) in [4.78, 5) is 21.0. The predicted octanol–water partition coefficient (Wildman–Crippen LogP) is 2.45. The number of halogens is 3. The Bertz CT molecular complexity index is 1380. The number of anilines is 2. The van der Waals surface area contributed by atoms with Gasteiger partial charge in [-0.3, -0.25) is 14.0 Å². The van der Waals surface area contributed by atoms with Crippen LogP contribution in [0.3, 0.4) is 0 Å².